The van der Waals surface area contributed by atoms with E-state index < -0.39 is 19.0 Å². The second kappa shape index (κ2) is 6.72. The molecule has 8 heteroatoms. The highest BCUT2D eigenvalue weighted by Crippen LogP contribution is 2.28. The third kappa shape index (κ3) is 3.97. The quantitative estimate of drug-likeness (QED) is 0.423. The predicted molar refractivity (Wildman–Crippen MR) is 64.5 cm³/mol. The van der Waals surface area contributed by atoms with Gasteiger partial charge < -0.3 is 25.8 Å². The third-order valence-corrected chi connectivity index (χ3v) is 3.32. The van der Waals surface area contributed by atoms with E-state index in [0.717, 1.165) is 0 Å². The summed E-state index contributed by atoms with van der Waals surface area (Å²) in [5.74, 6) is -1.89. The van der Waals surface area contributed by atoms with Gasteiger partial charge in [0.2, 0.25) is 5.91 Å². The maximum atomic E-state index is 11.4. The summed E-state index contributed by atoms with van der Waals surface area (Å²) in [4.78, 5) is 24.0. The molecule has 1 amide bonds. The Labute approximate surface area is 106 Å². The molecule has 1 saturated heterocycles. The van der Waals surface area contributed by atoms with Gasteiger partial charge in [-0.25, -0.2) is 0 Å². The fraction of sp³-hybridized carbons (Fsp3) is 0.800. The maximum Gasteiger partial charge on any atom is 0.451 e. The Morgan fingerprint density at radius 3 is 2.50 bits per heavy atom. The Morgan fingerprint density at radius 1 is 1.33 bits per heavy atom. The van der Waals surface area contributed by atoms with Crippen molar-refractivity contribution in [3.8, 4) is 0 Å². The topological polar surface area (TPSA) is 124 Å². The molecule has 1 aliphatic rings. The average Bonchev–Trinajstić information content (AvgIpc) is 2.72. The molecule has 1 heterocycles. The summed E-state index contributed by atoms with van der Waals surface area (Å²) < 4.78 is 0. The predicted octanol–water partition coefficient (Wildman–Crippen LogP) is -1.64. The number of hydrogen-bond donors (Lipinski definition) is 4. The summed E-state index contributed by atoms with van der Waals surface area (Å²) in [6.45, 7) is 0.459. The Balaban J connectivity index is 2.53. The van der Waals surface area contributed by atoms with Crippen LogP contribution in [0.3, 0.4) is 0 Å². The van der Waals surface area contributed by atoms with Gasteiger partial charge in [-0.15, -0.1) is 0 Å². The first-order chi connectivity index (χ1) is 8.45. The van der Waals surface area contributed by atoms with Crippen LogP contribution in [0.5, 0.6) is 0 Å². The summed E-state index contributed by atoms with van der Waals surface area (Å²) in [6, 6.07) is 0. The molecule has 1 rings (SSSR count). The number of nitrogens with zero attached hydrogens (tertiary/aromatic N) is 1. The molecule has 0 aromatic carbocycles. The van der Waals surface area contributed by atoms with E-state index in [1.54, 1.807) is 0 Å². The van der Waals surface area contributed by atoms with Gasteiger partial charge in [-0.1, -0.05) is 6.42 Å². The third-order valence-electron chi connectivity index (χ3n) is 3.32. The summed E-state index contributed by atoms with van der Waals surface area (Å²) in [5, 5.41) is 26.6. The maximum absolute atomic E-state index is 11.4. The molecule has 1 fully saturated rings. The van der Waals surface area contributed by atoms with Crippen molar-refractivity contribution in [2.24, 2.45) is 17.6 Å². The van der Waals surface area contributed by atoms with Crippen LogP contribution in [0.2, 0.25) is 6.32 Å². The zero-order valence-electron chi connectivity index (χ0n) is 10.2. The Bertz CT molecular complexity index is 313. The Kier molecular flexibility index (Phi) is 5.58. The number of carboxylic acid groups (broad SMARTS) is 1. The molecular formula is C10H19BN2O5. The van der Waals surface area contributed by atoms with Crippen LogP contribution in [0.4, 0.5) is 0 Å². The highest BCUT2D eigenvalue weighted by atomic mass is 16.4. The van der Waals surface area contributed by atoms with Crippen molar-refractivity contribution in [2.45, 2.75) is 19.2 Å². The standard InChI is InChI=1S/C10H19BN2O5/c12-4-9(14)13-5-7(2-1-3-11(17)18)8(6-13)10(15)16/h7-8,17-18H,1-6,12H2,(H,15,16). The molecule has 102 valence electrons. The molecule has 0 aromatic heterocycles. The molecule has 18 heavy (non-hydrogen) atoms. The zero-order chi connectivity index (χ0) is 13.7. The molecular weight excluding hydrogens is 239 g/mol. The van der Waals surface area contributed by atoms with Gasteiger partial charge in [-0.05, 0) is 18.7 Å². The van der Waals surface area contributed by atoms with Crippen LogP contribution in [0, 0.1) is 11.8 Å². The molecule has 0 bridgehead atoms. The number of hydrogen-bond acceptors (Lipinski definition) is 5. The van der Waals surface area contributed by atoms with Crippen molar-refractivity contribution in [1.29, 1.82) is 0 Å². The van der Waals surface area contributed by atoms with E-state index in [9.17, 15) is 9.59 Å². The van der Waals surface area contributed by atoms with E-state index in [2.05, 4.69) is 0 Å². The van der Waals surface area contributed by atoms with Crippen molar-refractivity contribution in [2.75, 3.05) is 19.6 Å². The van der Waals surface area contributed by atoms with Crippen LogP contribution >= 0.6 is 0 Å². The van der Waals surface area contributed by atoms with Crippen molar-refractivity contribution < 1.29 is 24.7 Å². The smallest absolute Gasteiger partial charge is 0.451 e. The first-order valence-electron chi connectivity index (χ1n) is 6.02. The lowest BCUT2D eigenvalue weighted by Gasteiger charge is -2.15. The molecule has 0 saturated carbocycles. The molecule has 7 nitrogen and oxygen atoms in total. The van der Waals surface area contributed by atoms with Crippen molar-refractivity contribution in [3.63, 3.8) is 0 Å². The summed E-state index contributed by atoms with van der Waals surface area (Å²) in [7, 11) is -1.36. The van der Waals surface area contributed by atoms with Gasteiger partial charge in [0.25, 0.3) is 0 Å². The van der Waals surface area contributed by atoms with E-state index in [0.29, 0.717) is 19.4 Å². The number of carbonyl (C=O) groups is 2. The molecule has 0 aliphatic carbocycles. The minimum Gasteiger partial charge on any atom is -0.481 e. The normalized spacial score (nSPS) is 23.2. The molecule has 2 atom stereocenters. The van der Waals surface area contributed by atoms with Crippen LogP contribution in [-0.2, 0) is 9.59 Å². The van der Waals surface area contributed by atoms with E-state index >= 15 is 0 Å². The van der Waals surface area contributed by atoms with Crippen molar-refractivity contribution in [1.82, 2.24) is 4.90 Å². The van der Waals surface area contributed by atoms with Gasteiger partial charge in [-0.3, -0.25) is 9.59 Å². The molecule has 0 aromatic rings. The average molecular weight is 258 g/mol. The first kappa shape index (κ1) is 14.9. The molecule has 0 spiro atoms. The number of likely N-dealkylation sites (tertiary alicyclic amines) is 1. The monoisotopic (exact) mass is 258 g/mol. The minimum atomic E-state index is -1.36. The largest absolute Gasteiger partial charge is 0.481 e. The fourth-order valence-corrected chi connectivity index (χ4v) is 2.34. The Morgan fingerprint density at radius 2 is 2.00 bits per heavy atom. The lowest BCUT2D eigenvalue weighted by molar-refractivity contribution is -0.142. The lowest BCUT2D eigenvalue weighted by Crippen LogP contribution is -2.34. The summed E-state index contributed by atoms with van der Waals surface area (Å²) >= 11 is 0. The molecule has 1 aliphatic heterocycles. The molecule has 5 N–H and O–H groups in total. The van der Waals surface area contributed by atoms with Crippen LogP contribution in [0.1, 0.15) is 12.8 Å². The van der Waals surface area contributed by atoms with Gasteiger partial charge >= 0.3 is 13.1 Å². The Hall–Kier alpha value is -1.12. The summed E-state index contributed by atoms with van der Waals surface area (Å²) in [6.07, 6.45) is 1.30. The van der Waals surface area contributed by atoms with Crippen LogP contribution in [-0.4, -0.2) is 58.7 Å². The van der Waals surface area contributed by atoms with Gasteiger partial charge in [0.15, 0.2) is 0 Å². The SMILES string of the molecule is NCC(=O)N1CC(CCCB(O)O)C(C(=O)O)C1. The van der Waals surface area contributed by atoms with E-state index in [-0.39, 0.29) is 31.2 Å². The second-order valence-electron chi connectivity index (χ2n) is 4.62. The van der Waals surface area contributed by atoms with Crippen molar-refractivity contribution >= 4 is 19.0 Å². The van der Waals surface area contributed by atoms with Crippen LogP contribution in [0.25, 0.3) is 0 Å². The zero-order valence-corrected chi connectivity index (χ0v) is 10.2. The highest BCUT2D eigenvalue weighted by Gasteiger charge is 2.38. The van der Waals surface area contributed by atoms with Crippen molar-refractivity contribution in [3.05, 3.63) is 0 Å². The van der Waals surface area contributed by atoms with E-state index in [1.165, 1.54) is 4.90 Å². The van der Waals surface area contributed by atoms with E-state index in [1.807, 2.05) is 0 Å². The van der Waals surface area contributed by atoms with Gasteiger partial charge in [0, 0.05) is 13.1 Å². The number of nitrogens with two attached hydrogens (primary N) is 1. The first-order valence-corrected chi connectivity index (χ1v) is 6.02. The van der Waals surface area contributed by atoms with Gasteiger partial charge in [0.05, 0.1) is 12.5 Å². The van der Waals surface area contributed by atoms with E-state index in [4.69, 9.17) is 20.9 Å². The number of carbonyl (C=O) groups excluding carboxylic acids is 1. The number of carboxylic acids is 1. The summed E-state index contributed by atoms with van der Waals surface area (Å²) in [5.41, 5.74) is 5.25. The van der Waals surface area contributed by atoms with Crippen LogP contribution < -0.4 is 5.73 Å². The highest BCUT2D eigenvalue weighted by molar-refractivity contribution is 6.40. The molecule has 0 radical (unpaired) electrons. The number of rotatable bonds is 6. The number of amides is 1. The van der Waals surface area contributed by atoms with Gasteiger partial charge in [0.1, 0.15) is 0 Å². The lowest BCUT2D eigenvalue weighted by atomic mass is 9.80. The van der Waals surface area contributed by atoms with Crippen LogP contribution in [0.15, 0.2) is 0 Å². The number of aliphatic carboxylic acids is 1. The molecule has 2 unspecified atom stereocenters. The van der Waals surface area contributed by atoms with Gasteiger partial charge in [-0.2, -0.15) is 0 Å². The second-order valence-corrected chi connectivity index (χ2v) is 4.62. The fourth-order valence-electron chi connectivity index (χ4n) is 2.34. The minimum absolute atomic E-state index is 0.117.